The number of nitrogens with zero attached hydrogens (tertiary/aromatic N) is 1. The molecule has 3 N–H and O–H groups in total. The average molecular weight is 296 g/mol. The molecule has 22 heavy (non-hydrogen) atoms. The van der Waals surface area contributed by atoms with E-state index < -0.39 is 6.03 Å². The lowest BCUT2D eigenvalue weighted by Crippen LogP contribution is -2.24. The van der Waals surface area contributed by atoms with E-state index in [1.165, 1.54) is 13.1 Å². The van der Waals surface area contributed by atoms with Crippen molar-refractivity contribution in [2.75, 3.05) is 10.6 Å². The molecule has 6 heteroatoms. The monoisotopic (exact) mass is 296 g/mol. The Morgan fingerprint density at radius 3 is 2.18 bits per heavy atom. The first-order valence-electron chi connectivity index (χ1n) is 6.66. The van der Waals surface area contributed by atoms with Crippen LogP contribution in [0.5, 0.6) is 0 Å². The zero-order valence-electron chi connectivity index (χ0n) is 12.0. The maximum absolute atomic E-state index is 11.6. The van der Waals surface area contributed by atoms with E-state index in [-0.39, 0.29) is 5.91 Å². The second-order valence-electron chi connectivity index (χ2n) is 4.49. The van der Waals surface area contributed by atoms with Gasteiger partial charge in [-0.25, -0.2) is 10.2 Å². The van der Waals surface area contributed by atoms with Gasteiger partial charge in [0.15, 0.2) is 0 Å². The molecule has 3 amide bonds. The molecule has 0 saturated carbocycles. The van der Waals surface area contributed by atoms with Crippen LogP contribution in [0.3, 0.4) is 0 Å². The highest BCUT2D eigenvalue weighted by Gasteiger charge is 1.98. The molecular weight excluding hydrogens is 280 g/mol. The highest BCUT2D eigenvalue weighted by atomic mass is 16.2. The number of hydrogen-bond acceptors (Lipinski definition) is 3. The van der Waals surface area contributed by atoms with Gasteiger partial charge in [0.25, 0.3) is 0 Å². The van der Waals surface area contributed by atoms with Gasteiger partial charge in [0, 0.05) is 18.3 Å². The Morgan fingerprint density at radius 2 is 1.55 bits per heavy atom. The molecule has 2 rings (SSSR count). The number of anilines is 2. The lowest BCUT2D eigenvalue weighted by atomic mass is 10.2. The molecule has 0 aliphatic carbocycles. The predicted molar refractivity (Wildman–Crippen MR) is 86.9 cm³/mol. The van der Waals surface area contributed by atoms with Gasteiger partial charge in [-0.2, -0.15) is 5.10 Å². The molecule has 0 heterocycles. The molecule has 6 nitrogen and oxygen atoms in total. The van der Waals surface area contributed by atoms with Crippen LogP contribution in [0.2, 0.25) is 0 Å². The number of benzene rings is 2. The normalized spacial score (nSPS) is 10.2. The van der Waals surface area contributed by atoms with Crippen LogP contribution in [0.4, 0.5) is 16.2 Å². The summed E-state index contributed by atoms with van der Waals surface area (Å²) in [4.78, 5) is 22.5. The van der Waals surface area contributed by atoms with Crippen LogP contribution >= 0.6 is 0 Å². The van der Waals surface area contributed by atoms with E-state index in [4.69, 9.17) is 0 Å². The summed E-state index contributed by atoms with van der Waals surface area (Å²) in [5.74, 6) is -0.124. The summed E-state index contributed by atoms with van der Waals surface area (Å²) in [5, 5.41) is 9.17. The molecule has 0 aliphatic rings. The largest absolute Gasteiger partial charge is 0.339 e. The molecule has 0 aliphatic heterocycles. The fraction of sp³-hybridized carbons (Fsp3) is 0.0625. The third-order valence-electron chi connectivity index (χ3n) is 2.64. The summed E-state index contributed by atoms with van der Waals surface area (Å²) in [7, 11) is 0. The van der Waals surface area contributed by atoms with Gasteiger partial charge in [-0.1, -0.05) is 30.3 Å². The second-order valence-corrected chi connectivity index (χ2v) is 4.49. The van der Waals surface area contributed by atoms with Crippen LogP contribution in [0.1, 0.15) is 12.5 Å². The van der Waals surface area contributed by atoms with Crippen molar-refractivity contribution in [1.29, 1.82) is 0 Å². The molecule has 2 aromatic rings. The Kier molecular flexibility index (Phi) is 5.25. The molecule has 0 atom stereocenters. The first-order chi connectivity index (χ1) is 10.6. The van der Waals surface area contributed by atoms with Gasteiger partial charge in [0.2, 0.25) is 5.91 Å². The van der Waals surface area contributed by atoms with Crippen LogP contribution in [0.25, 0.3) is 0 Å². The van der Waals surface area contributed by atoms with Crippen molar-refractivity contribution in [3.8, 4) is 0 Å². The van der Waals surface area contributed by atoms with E-state index in [9.17, 15) is 9.59 Å². The molecule has 0 saturated heterocycles. The van der Waals surface area contributed by atoms with Gasteiger partial charge in [-0.05, 0) is 29.8 Å². The molecule has 112 valence electrons. The standard InChI is InChI=1S/C16H16N4O2/c1-12(21)18-15-9-7-13(8-10-15)11-17-20-16(22)19-14-5-3-2-4-6-14/h2-11H,1H3,(H,18,21)(H2,19,20,22). The summed E-state index contributed by atoms with van der Waals surface area (Å²) in [6.45, 7) is 1.45. The fourth-order valence-corrected chi connectivity index (χ4v) is 1.70. The molecule has 0 spiro atoms. The van der Waals surface area contributed by atoms with Crippen molar-refractivity contribution >= 4 is 29.5 Å². The van der Waals surface area contributed by atoms with Gasteiger partial charge < -0.3 is 10.6 Å². The number of urea groups is 1. The van der Waals surface area contributed by atoms with Crippen molar-refractivity contribution in [3.63, 3.8) is 0 Å². The number of rotatable bonds is 4. The van der Waals surface area contributed by atoms with Crippen LogP contribution in [0, 0.1) is 0 Å². The van der Waals surface area contributed by atoms with E-state index in [0.717, 1.165) is 5.56 Å². The van der Waals surface area contributed by atoms with E-state index in [2.05, 4.69) is 21.2 Å². The van der Waals surface area contributed by atoms with Gasteiger partial charge in [0.05, 0.1) is 6.21 Å². The van der Waals surface area contributed by atoms with Crippen molar-refractivity contribution in [1.82, 2.24) is 5.43 Å². The second kappa shape index (κ2) is 7.58. The molecule has 0 bridgehead atoms. The Morgan fingerprint density at radius 1 is 0.909 bits per heavy atom. The van der Waals surface area contributed by atoms with E-state index >= 15 is 0 Å². The number of hydrogen-bond donors (Lipinski definition) is 3. The summed E-state index contributed by atoms with van der Waals surface area (Å²) in [5.41, 5.74) is 4.57. The Labute approximate surface area is 128 Å². The molecule has 0 fully saturated rings. The maximum atomic E-state index is 11.6. The quantitative estimate of drug-likeness (QED) is 0.599. The zero-order valence-corrected chi connectivity index (χ0v) is 12.0. The lowest BCUT2D eigenvalue weighted by molar-refractivity contribution is -0.114. The van der Waals surface area contributed by atoms with Crippen molar-refractivity contribution < 1.29 is 9.59 Å². The van der Waals surface area contributed by atoms with Crippen LogP contribution in [0.15, 0.2) is 59.7 Å². The number of carbonyl (C=O) groups excluding carboxylic acids is 2. The first-order valence-corrected chi connectivity index (χ1v) is 6.66. The van der Waals surface area contributed by atoms with Crippen molar-refractivity contribution in [2.45, 2.75) is 6.92 Å². The SMILES string of the molecule is CC(=O)Nc1ccc(C=NNC(=O)Nc2ccccc2)cc1. The van der Waals surface area contributed by atoms with Crippen LogP contribution in [-0.4, -0.2) is 18.2 Å². The molecule has 0 unspecified atom stereocenters. The summed E-state index contributed by atoms with van der Waals surface area (Å²) in [6, 6.07) is 15.7. The fourth-order valence-electron chi connectivity index (χ4n) is 1.70. The zero-order chi connectivity index (χ0) is 15.8. The number of nitrogens with one attached hydrogen (secondary N) is 3. The Balaban J connectivity index is 1.84. The molecular formula is C16H16N4O2. The van der Waals surface area contributed by atoms with Gasteiger partial charge in [0.1, 0.15) is 0 Å². The smallest absolute Gasteiger partial charge is 0.326 e. The lowest BCUT2D eigenvalue weighted by Gasteiger charge is -2.03. The Bertz CT molecular complexity index is 666. The summed E-state index contributed by atoms with van der Waals surface area (Å²) < 4.78 is 0. The van der Waals surface area contributed by atoms with Crippen LogP contribution in [-0.2, 0) is 4.79 Å². The minimum absolute atomic E-state index is 0.124. The highest BCUT2D eigenvalue weighted by Crippen LogP contribution is 2.08. The molecule has 2 aromatic carbocycles. The van der Waals surface area contributed by atoms with Crippen molar-refractivity contribution in [3.05, 3.63) is 60.2 Å². The number of hydrazone groups is 1. The minimum Gasteiger partial charge on any atom is -0.326 e. The minimum atomic E-state index is -0.419. The van der Waals surface area contributed by atoms with E-state index in [1.807, 2.05) is 18.2 Å². The van der Waals surface area contributed by atoms with Crippen molar-refractivity contribution in [2.24, 2.45) is 5.10 Å². The Hall–Kier alpha value is -3.15. The van der Waals surface area contributed by atoms with E-state index in [0.29, 0.717) is 11.4 Å². The number of carbonyl (C=O) groups is 2. The summed E-state index contributed by atoms with van der Waals surface area (Å²) >= 11 is 0. The first kappa shape index (κ1) is 15.2. The maximum Gasteiger partial charge on any atom is 0.339 e. The van der Waals surface area contributed by atoms with Gasteiger partial charge in [-0.3, -0.25) is 4.79 Å². The van der Waals surface area contributed by atoms with Gasteiger partial charge in [-0.15, -0.1) is 0 Å². The average Bonchev–Trinajstić information content (AvgIpc) is 2.49. The molecule has 0 aromatic heterocycles. The van der Waals surface area contributed by atoms with Gasteiger partial charge >= 0.3 is 6.03 Å². The van der Waals surface area contributed by atoms with Crippen LogP contribution < -0.4 is 16.1 Å². The highest BCUT2D eigenvalue weighted by molar-refractivity contribution is 5.91. The predicted octanol–water partition coefficient (Wildman–Crippen LogP) is 2.80. The summed E-state index contributed by atoms with van der Waals surface area (Å²) in [6.07, 6.45) is 1.52. The number of para-hydroxylation sites is 1. The third kappa shape index (κ3) is 5.09. The van der Waals surface area contributed by atoms with E-state index in [1.54, 1.807) is 36.4 Å². The third-order valence-corrected chi connectivity index (χ3v) is 2.64. The molecule has 0 radical (unpaired) electrons. The number of amides is 3. The topological polar surface area (TPSA) is 82.6 Å².